The summed E-state index contributed by atoms with van der Waals surface area (Å²) in [5, 5.41) is 0.944. The van der Waals surface area contributed by atoms with Gasteiger partial charge in [0.05, 0.1) is 28.4 Å². The van der Waals surface area contributed by atoms with Crippen molar-refractivity contribution in [3.05, 3.63) is 48.0 Å². The third kappa shape index (κ3) is 3.47. The van der Waals surface area contributed by atoms with Crippen molar-refractivity contribution in [3.63, 3.8) is 0 Å². The van der Waals surface area contributed by atoms with E-state index in [2.05, 4.69) is 24.0 Å². The Balaban J connectivity index is 1.39. The summed E-state index contributed by atoms with van der Waals surface area (Å²) in [7, 11) is 0. The van der Waals surface area contributed by atoms with E-state index in [0.717, 1.165) is 45.4 Å². The molecule has 148 valence electrons. The molecule has 7 heteroatoms. The number of imide groups is 1. The van der Waals surface area contributed by atoms with Crippen molar-refractivity contribution in [2.45, 2.75) is 19.4 Å². The summed E-state index contributed by atoms with van der Waals surface area (Å²) in [6, 6.07) is 13.6. The van der Waals surface area contributed by atoms with Crippen molar-refractivity contribution >= 4 is 50.8 Å². The molecule has 0 spiro atoms. The zero-order chi connectivity index (χ0) is 20.0. The Bertz CT molecular complexity index is 1090. The number of rotatable bonds is 3. The second kappa shape index (κ2) is 7.55. The molecule has 3 aromatic rings. The van der Waals surface area contributed by atoms with Crippen LogP contribution in [-0.2, 0) is 9.59 Å². The van der Waals surface area contributed by atoms with E-state index in [-0.39, 0.29) is 24.3 Å². The van der Waals surface area contributed by atoms with Crippen LogP contribution >= 0.6 is 23.1 Å². The second-order valence-electron chi connectivity index (χ2n) is 7.47. The summed E-state index contributed by atoms with van der Waals surface area (Å²) in [5.41, 5.74) is 3.86. The normalized spacial score (nSPS) is 20.7. The van der Waals surface area contributed by atoms with Gasteiger partial charge in [0.2, 0.25) is 5.91 Å². The SMILES string of the molecule is Cc1ccc2nc(-c3ccc(N4C(=O)C[C@@H](N5CCSCC5)C4=O)cc3)sc2c1. The van der Waals surface area contributed by atoms with Crippen LogP contribution in [0.5, 0.6) is 0 Å². The number of nitrogens with zero attached hydrogens (tertiary/aromatic N) is 3. The van der Waals surface area contributed by atoms with Crippen molar-refractivity contribution in [2.75, 3.05) is 29.5 Å². The van der Waals surface area contributed by atoms with Crippen LogP contribution in [0.1, 0.15) is 12.0 Å². The first-order valence-corrected chi connectivity index (χ1v) is 11.7. The first-order valence-electron chi connectivity index (χ1n) is 9.76. The Morgan fingerprint density at radius 2 is 1.79 bits per heavy atom. The fraction of sp³-hybridized carbons (Fsp3) is 0.318. The fourth-order valence-corrected chi connectivity index (χ4v) is 5.97. The molecule has 1 atom stereocenters. The number of amides is 2. The van der Waals surface area contributed by atoms with Crippen LogP contribution in [0, 0.1) is 6.92 Å². The van der Waals surface area contributed by atoms with Gasteiger partial charge in [0, 0.05) is 30.2 Å². The molecule has 0 saturated carbocycles. The lowest BCUT2D eigenvalue weighted by atomic mass is 10.2. The second-order valence-corrected chi connectivity index (χ2v) is 9.73. The highest BCUT2D eigenvalue weighted by Gasteiger charge is 2.42. The predicted octanol–water partition coefficient (Wildman–Crippen LogP) is 3.95. The van der Waals surface area contributed by atoms with E-state index in [1.54, 1.807) is 11.3 Å². The van der Waals surface area contributed by atoms with Gasteiger partial charge in [-0.2, -0.15) is 11.8 Å². The van der Waals surface area contributed by atoms with Crippen LogP contribution < -0.4 is 4.90 Å². The highest BCUT2D eigenvalue weighted by atomic mass is 32.2. The van der Waals surface area contributed by atoms with Gasteiger partial charge < -0.3 is 0 Å². The summed E-state index contributed by atoms with van der Waals surface area (Å²) in [6.07, 6.45) is 0.280. The number of hydrogen-bond donors (Lipinski definition) is 0. The molecule has 1 aromatic heterocycles. The number of fused-ring (bicyclic) bond motifs is 1. The Hall–Kier alpha value is -2.22. The zero-order valence-electron chi connectivity index (χ0n) is 16.1. The topological polar surface area (TPSA) is 53.5 Å². The standard InChI is InChI=1S/C22H21N3O2S2/c1-14-2-7-17-19(12-14)29-21(23-17)15-3-5-16(6-4-15)25-20(26)13-18(22(25)27)24-8-10-28-11-9-24/h2-7,12,18H,8-11,13H2,1H3/t18-/m1/s1. The first-order chi connectivity index (χ1) is 14.1. The minimum atomic E-state index is -0.310. The number of carbonyl (C=O) groups is 2. The largest absolute Gasteiger partial charge is 0.290 e. The van der Waals surface area contributed by atoms with Gasteiger partial charge in [-0.05, 0) is 48.9 Å². The number of benzene rings is 2. The number of aryl methyl sites for hydroxylation is 1. The van der Waals surface area contributed by atoms with Gasteiger partial charge in [0.1, 0.15) is 5.01 Å². The van der Waals surface area contributed by atoms with Gasteiger partial charge >= 0.3 is 0 Å². The van der Waals surface area contributed by atoms with Crippen molar-refractivity contribution in [1.82, 2.24) is 9.88 Å². The third-order valence-corrected chi connectivity index (χ3v) is 7.54. The highest BCUT2D eigenvalue weighted by molar-refractivity contribution is 7.99. The van der Waals surface area contributed by atoms with Crippen molar-refractivity contribution in [2.24, 2.45) is 0 Å². The summed E-state index contributed by atoms with van der Waals surface area (Å²) < 4.78 is 1.16. The molecule has 0 radical (unpaired) electrons. The van der Waals surface area contributed by atoms with Gasteiger partial charge in [-0.15, -0.1) is 11.3 Å². The monoisotopic (exact) mass is 423 g/mol. The Morgan fingerprint density at radius 1 is 1.03 bits per heavy atom. The molecular formula is C22H21N3O2S2. The maximum atomic E-state index is 13.0. The molecule has 0 bridgehead atoms. The average molecular weight is 424 g/mol. The molecule has 2 aliphatic heterocycles. The zero-order valence-corrected chi connectivity index (χ0v) is 17.8. The van der Waals surface area contributed by atoms with Crippen LogP contribution in [0.4, 0.5) is 5.69 Å². The summed E-state index contributed by atoms with van der Waals surface area (Å²) >= 11 is 3.56. The van der Waals surface area contributed by atoms with Gasteiger partial charge in [-0.3, -0.25) is 14.5 Å². The number of thioether (sulfide) groups is 1. The molecule has 2 saturated heterocycles. The number of carbonyl (C=O) groups excluding carboxylic acids is 2. The summed E-state index contributed by atoms with van der Waals surface area (Å²) in [4.78, 5) is 33.8. The Morgan fingerprint density at radius 3 is 2.55 bits per heavy atom. The molecule has 5 nitrogen and oxygen atoms in total. The van der Waals surface area contributed by atoms with Crippen LogP contribution in [0.2, 0.25) is 0 Å². The summed E-state index contributed by atoms with van der Waals surface area (Å²) in [5.74, 6) is 1.84. The van der Waals surface area contributed by atoms with Crippen molar-refractivity contribution < 1.29 is 9.59 Å². The molecule has 3 heterocycles. The smallest absolute Gasteiger partial charge is 0.251 e. The third-order valence-electron chi connectivity index (χ3n) is 5.53. The summed E-state index contributed by atoms with van der Waals surface area (Å²) in [6.45, 7) is 3.82. The lowest BCUT2D eigenvalue weighted by Gasteiger charge is -2.30. The van der Waals surface area contributed by atoms with Crippen molar-refractivity contribution in [1.29, 1.82) is 0 Å². The molecule has 5 rings (SSSR count). The maximum Gasteiger partial charge on any atom is 0.251 e. The fourth-order valence-electron chi connectivity index (χ4n) is 3.97. The van der Waals surface area contributed by atoms with Crippen LogP contribution in [0.25, 0.3) is 20.8 Å². The first kappa shape index (κ1) is 18.8. The van der Waals surface area contributed by atoms with Gasteiger partial charge in [-0.25, -0.2) is 9.88 Å². The molecule has 29 heavy (non-hydrogen) atoms. The molecular weight excluding hydrogens is 402 g/mol. The van der Waals surface area contributed by atoms with E-state index in [1.165, 1.54) is 10.5 Å². The number of thiazole rings is 1. The molecule has 2 aliphatic rings. The lowest BCUT2D eigenvalue weighted by molar-refractivity contribution is -0.122. The van der Waals surface area contributed by atoms with E-state index in [0.29, 0.717) is 5.69 Å². The molecule has 0 unspecified atom stereocenters. The number of anilines is 1. The molecule has 2 fully saturated rings. The van der Waals surface area contributed by atoms with E-state index in [4.69, 9.17) is 4.98 Å². The van der Waals surface area contributed by atoms with Crippen LogP contribution in [0.3, 0.4) is 0 Å². The quantitative estimate of drug-likeness (QED) is 0.597. The van der Waals surface area contributed by atoms with Gasteiger partial charge in [0.25, 0.3) is 5.91 Å². The average Bonchev–Trinajstić information content (AvgIpc) is 3.29. The minimum Gasteiger partial charge on any atom is -0.290 e. The van der Waals surface area contributed by atoms with Gasteiger partial charge in [0.15, 0.2) is 0 Å². The van der Waals surface area contributed by atoms with Crippen molar-refractivity contribution in [3.8, 4) is 10.6 Å². The Kier molecular flexibility index (Phi) is 4.89. The van der Waals surface area contributed by atoms with E-state index >= 15 is 0 Å². The van der Waals surface area contributed by atoms with Crippen LogP contribution in [-0.4, -0.2) is 52.3 Å². The highest BCUT2D eigenvalue weighted by Crippen LogP contribution is 2.33. The van der Waals surface area contributed by atoms with E-state index in [1.807, 2.05) is 42.1 Å². The predicted molar refractivity (Wildman–Crippen MR) is 120 cm³/mol. The number of hydrogen-bond acceptors (Lipinski definition) is 6. The maximum absolute atomic E-state index is 13.0. The Labute approximate surface area is 177 Å². The van der Waals surface area contributed by atoms with E-state index < -0.39 is 0 Å². The van der Waals surface area contributed by atoms with Crippen LogP contribution in [0.15, 0.2) is 42.5 Å². The molecule has 2 aromatic carbocycles. The van der Waals surface area contributed by atoms with Gasteiger partial charge in [-0.1, -0.05) is 6.07 Å². The van der Waals surface area contributed by atoms with E-state index in [9.17, 15) is 9.59 Å². The minimum absolute atomic E-state index is 0.0925. The molecule has 2 amide bonds. The number of aromatic nitrogens is 1. The molecule has 0 N–H and O–H groups in total. The lowest BCUT2D eigenvalue weighted by Crippen LogP contribution is -2.45. The molecule has 0 aliphatic carbocycles.